The molecule has 0 spiro atoms. The van der Waals surface area contributed by atoms with Crippen LogP contribution in [-0.2, 0) is 19.1 Å². The number of esters is 1. The molecule has 20 heavy (non-hydrogen) atoms. The maximum atomic E-state index is 12.4. The molecule has 6 nitrogen and oxygen atoms in total. The third-order valence-electron chi connectivity index (χ3n) is 3.73. The van der Waals surface area contributed by atoms with Crippen LogP contribution >= 0.6 is 0 Å². The van der Waals surface area contributed by atoms with Gasteiger partial charge in [0.05, 0.1) is 7.11 Å². The normalized spacial score (nSPS) is 18.4. The zero-order valence-electron chi connectivity index (χ0n) is 12.4. The Hall–Kier alpha value is -1.59. The van der Waals surface area contributed by atoms with Gasteiger partial charge in [0, 0.05) is 0 Å². The summed E-state index contributed by atoms with van der Waals surface area (Å²) in [6.45, 7) is 3.94. The fraction of sp³-hybridized carbons (Fsp3) is 0.786. The number of methoxy groups -OCH3 is 1. The van der Waals surface area contributed by atoms with E-state index in [2.05, 4.69) is 10.6 Å². The van der Waals surface area contributed by atoms with Gasteiger partial charge in [-0.3, -0.25) is 9.59 Å². The van der Waals surface area contributed by atoms with Gasteiger partial charge < -0.3 is 15.4 Å². The highest BCUT2D eigenvalue weighted by atomic mass is 16.5. The van der Waals surface area contributed by atoms with Crippen molar-refractivity contribution < 1.29 is 19.1 Å². The minimum absolute atomic E-state index is 0.248. The van der Waals surface area contributed by atoms with Crippen molar-refractivity contribution in [3.05, 3.63) is 0 Å². The van der Waals surface area contributed by atoms with Crippen LogP contribution in [-0.4, -0.2) is 37.0 Å². The Kier molecular flexibility index (Phi) is 5.98. The molecule has 1 saturated carbocycles. The van der Waals surface area contributed by atoms with E-state index in [1.54, 1.807) is 0 Å². The summed E-state index contributed by atoms with van der Waals surface area (Å²) >= 11 is 0. The molecule has 6 heteroatoms. The molecule has 1 rings (SSSR count). The third kappa shape index (κ3) is 3.95. The Morgan fingerprint density at radius 2 is 1.90 bits per heavy atom. The predicted octanol–water partition coefficient (Wildman–Crippen LogP) is 0.749. The van der Waals surface area contributed by atoms with Crippen LogP contribution in [0.1, 0.15) is 46.0 Å². The fourth-order valence-electron chi connectivity index (χ4n) is 2.65. The van der Waals surface area contributed by atoms with Gasteiger partial charge in [0.2, 0.25) is 12.3 Å². The van der Waals surface area contributed by atoms with Crippen molar-refractivity contribution in [1.82, 2.24) is 10.6 Å². The van der Waals surface area contributed by atoms with Crippen molar-refractivity contribution in [2.24, 2.45) is 5.92 Å². The second kappa shape index (κ2) is 7.26. The number of carbonyl (C=O) groups is 3. The van der Waals surface area contributed by atoms with E-state index < -0.39 is 17.6 Å². The molecule has 0 heterocycles. The highest BCUT2D eigenvalue weighted by Crippen LogP contribution is 2.29. The van der Waals surface area contributed by atoms with Gasteiger partial charge in [0.25, 0.3) is 0 Å². The van der Waals surface area contributed by atoms with E-state index in [4.69, 9.17) is 4.74 Å². The summed E-state index contributed by atoms with van der Waals surface area (Å²) in [5.41, 5.74) is -0.870. The van der Waals surface area contributed by atoms with Crippen LogP contribution in [0.3, 0.4) is 0 Å². The Bertz CT molecular complexity index is 362. The standard InChI is InChI=1S/C14H24N2O4/c1-10(2)8-11(12(18)20-3)16-13(19)14(15-9-17)6-4-5-7-14/h9-11H,4-8H2,1-3H3,(H,15,17)(H,16,19)/t11-/m0/s1. The number of hydrogen-bond acceptors (Lipinski definition) is 4. The average Bonchev–Trinajstić information content (AvgIpc) is 2.86. The molecule has 0 unspecified atom stereocenters. The fourth-order valence-corrected chi connectivity index (χ4v) is 2.65. The van der Waals surface area contributed by atoms with Crippen molar-refractivity contribution in [2.45, 2.75) is 57.5 Å². The summed E-state index contributed by atoms with van der Waals surface area (Å²) in [5, 5.41) is 5.36. The van der Waals surface area contributed by atoms with Gasteiger partial charge in [0.1, 0.15) is 11.6 Å². The van der Waals surface area contributed by atoms with Crippen LogP contribution in [0.4, 0.5) is 0 Å². The highest BCUT2D eigenvalue weighted by Gasteiger charge is 2.42. The third-order valence-corrected chi connectivity index (χ3v) is 3.73. The van der Waals surface area contributed by atoms with Gasteiger partial charge in [0.15, 0.2) is 0 Å². The van der Waals surface area contributed by atoms with Gasteiger partial charge in [-0.15, -0.1) is 0 Å². The minimum atomic E-state index is -0.870. The molecule has 0 radical (unpaired) electrons. The molecular formula is C14H24N2O4. The lowest BCUT2D eigenvalue weighted by Crippen LogP contribution is -2.58. The molecule has 2 N–H and O–H groups in total. The van der Waals surface area contributed by atoms with Gasteiger partial charge in [-0.2, -0.15) is 0 Å². The first-order valence-electron chi connectivity index (χ1n) is 7.05. The van der Waals surface area contributed by atoms with E-state index in [0.717, 1.165) is 12.8 Å². The van der Waals surface area contributed by atoms with Gasteiger partial charge in [-0.25, -0.2) is 4.79 Å². The number of ether oxygens (including phenoxy) is 1. The van der Waals surface area contributed by atoms with Crippen molar-refractivity contribution in [2.75, 3.05) is 7.11 Å². The zero-order chi connectivity index (χ0) is 15.2. The monoisotopic (exact) mass is 284 g/mol. The summed E-state index contributed by atoms with van der Waals surface area (Å²) in [6.07, 6.45) is 4.05. The van der Waals surface area contributed by atoms with Crippen LogP contribution < -0.4 is 10.6 Å². The zero-order valence-corrected chi connectivity index (χ0v) is 12.4. The smallest absolute Gasteiger partial charge is 0.328 e. The van der Waals surface area contributed by atoms with E-state index in [-0.39, 0.29) is 11.8 Å². The molecule has 0 saturated heterocycles. The highest BCUT2D eigenvalue weighted by molar-refractivity contribution is 5.92. The van der Waals surface area contributed by atoms with Crippen molar-refractivity contribution >= 4 is 18.3 Å². The Morgan fingerprint density at radius 1 is 1.30 bits per heavy atom. The van der Waals surface area contributed by atoms with Crippen LogP contribution in [0.15, 0.2) is 0 Å². The summed E-state index contributed by atoms with van der Waals surface area (Å²) in [7, 11) is 1.30. The van der Waals surface area contributed by atoms with Gasteiger partial charge >= 0.3 is 5.97 Å². The van der Waals surface area contributed by atoms with Crippen molar-refractivity contribution in [3.8, 4) is 0 Å². The lowest BCUT2D eigenvalue weighted by Gasteiger charge is -2.29. The van der Waals surface area contributed by atoms with Crippen LogP contribution in [0.2, 0.25) is 0 Å². The number of nitrogens with one attached hydrogen (secondary N) is 2. The molecule has 2 amide bonds. The quantitative estimate of drug-likeness (QED) is 0.533. The van der Waals surface area contributed by atoms with E-state index >= 15 is 0 Å². The average molecular weight is 284 g/mol. The topological polar surface area (TPSA) is 84.5 Å². The first-order valence-corrected chi connectivity index (χ1v) is 7.05. The van der Waals surface area contributed by atoms with Crippen molar-refractivity contribution in [3.63, 3.8) is 0 Å². The van der Waals surface area contributed by atoms with Crippen molar-refractivity contribution in [1.29, 1.82) is 0 Å². The van der Waals surface area contributed by atoms with Gasteiger partial charge in [-0.1, -0.05) is 26.7 Å². The van der Waals surface area contributed by atoms with Crippen LogP contribution in [0.25, 0.3) is 0 Å². The molecule has 0 aliphatic heterocycles. The molecule has 1 aliphatic carbocycles. The Labute approximate surface area is 119 Å². The number of hydrogen-bond donors (Lipinski definition) is 2. The summed E-state index contributed by atoms with van der Waals surface area (Å²) < 4.78 is 4.73. The molecule has 0 aromatic carbocycles. The largest absolute Gasteiger partial charge is 0.467 e. The number of amides is 2. The van der Waals surface area contributed by atoms with E-state index in [0.29, 0.717) is 25.7 Å². The predicted molar refractivity (Wildman–Crippen MR) is 73.8 cm³/mol. The molecule has 1 fully saturated rings. The lowest BCUT2D eigenvalue weighted by molar-refractivity contribution is -0.146. The van der Waals surface area contributed by atoms with Crippen LogP contribution in [0, 0.1) is 5.92 Å². The van der Waals surface area contributed by atoms with E-state index in [1.807, 2.05) is 13.8 Å². The molecular weight excluding hydrogens is 260 g/mol. The lowest BCUT2D eigenvalue weighted by atomic mass is 9.95. The van der Waals surface area contributed by atoms with Crippen LogP contribution in [0.5, 0.6) is 0 Å². The Balaban J connectivity index is 2.77. The molecule has 0 bridgehead atoms. The SMILES string of the molecule is COC(=O)[C@H](CC(C)C)NC(=O)C1(NC=O)CCCC1. The molecule has 1 atom stereocenters. The Morgan fingerprint density at radius 3 is 2.35 bits per heavy atom. The van der Waals surface area contributed by atoms with E-state index in [9.17, 15) is 14.4 Å². The second-order valence-corrected chi connectivity index (χ2v) is 5.73. The molecule has 0 aromatic heterocycles. The summed E-state index contributed by atoms with van der Waals surface area (Å²) in [4.78, 5) is 34.9. The molecule has 114 valence electrons. The van der Waals surface area contributed by atoms with Gasteiger partial charge in [-0.05, 0) is 25.2 Å². The second-order valence-electron chi connectivity index (χ2n) is 5.73. The summed E-state index contributed by atoms with van der Waals surface area (Å²) in [6, 6.07) is -0.668. The summed E-state index contributed by atoms with van der Waals surface area (Å²) in [5.74, 6) is -0.498. The maximum Gasteiger partial charge on any atom is 0.328 e. The molecule has 1 aliphatic rings. The molecule has 0 aromatic rings. The minimum Gasteiger partial charge on any atom is -0.467 e. The first-order chi connectivity index (χ1) is 9.45. The number of rotatable bonds is 7. The first kappa shape index (κ1) is 16.5. The number of carbonyl (C=O) groups excluding carboxylic acids is 3. The van der Waals surface area contributed by atoms with E-state index in [1.165, 1.54) is 7.11 Å². The maximum absolute atomic E-state index is 12.4.